The molecule has 0 spiro atoms. The highest BCUT2D eigenvalue weighted by molar-refractivity contribution is 7.85. The van der Waals surface area contributed by atoms with Crippen molar-refractivity contribution in [2.75, 3.05) is 0 Å². The third-order valence-corrected chi connectivity index (χ3v) is 6.58. The number of benzene rings is 2. The lowest BCUT2D eigenvalue weighted by Gasteiger charge is -2.19. The quantitative estimate of drug-likeness (QED) is 0.548. The molecular formula is C17H13ClNOP. The Morgan fingerprint density at radius 3 is 1.76 bits per heavy atom. The zero-order chi connectivity index (χ0) is 14.7. The first-order valence-corrected chi connectivity index (χ1v) is 8.63. The standard InChI is InChI=1S/C17H13ClNOP/c18-17-13-16(11-12-19-17)21(20,14-7-3-1-4-8-14)15-9-5-2-6-10-15/h1-13H. The van der Waals surface area contributed by atoms with Crippen molar-refractivity contribution in [3.05, 3.63) is 84.1 Å². The van der Waals surface area contributed by atoms with Crippen molar-refractivity contribution in [1.29, 1.82) is 0 Å². The summed E-state index contributed by atoms with van der Waals surface area (Å²) in [5.41, 5.74) is 0. The summed E-state index contributed by atoms with van der Waals surface area (Å²) in [4.78, 5) is 3.98. The molecule has 0 aliphatic rings. The van der Waals surface area contributed by atoms with Crippen LogP contribution in [0.1, 0.15) is 0 Å². The highest BCUT2D eigenvalue weighted by Crippen LogP contribution is 2.42. The van der Waals surface area contributed by atoms with Crippen LogP contribution in [0.25, 0.3) is 0 Å². The molecule has 0 radical (unpaired) electrons. The van der Waals surface area contributed by atoms with Crippen molar-refractivity contribution >= 4 is 34.7 Å². The molecule has 3 rings (SSSR count). The summed E-state index contributed by atoms with van der Waals surface area (Å²) in [5.74, 6) is 0. The van der Waals surface area contributed by atoms with Gasteiger partial charge in [0.25, 0.3) is 0 Å². The van der Waals surface area contributed by atoms with E-state index in [-0.39, 0.29) is 0 Å². The van der Waals surface area contributed by atoms with E-state index in [1.807, 2.05) is 60.7 Å². The van der Waals surface area contributed by atoms with Crippen molar-refractivity contribution in [2.45, 2.75) is 0 Å². The summed E-state index contributed by atoms with van der Waals surface area (Å²) in [6.45, 7) is 0. The van der Waals surface area contributed by atoms with E-state index in [4.69, 9.17) is 11.6 Å². The molecule has 0 unspecified atom stereocenters. The predicted octanol–water partition coefficient (Wildman–Crippen LogP) is 3.37. The number of hydrogen-bond acceptors (Lipinski definition) is 2. The summed E-state index contributed by atoms with van der Waals surface area (Å²) >= 11 is 5.99. The highest BCUT2D eigenvalue weighted by atomic mass is 35.5. The number of hydrogen-bond donors (Lipinski definition) is 0. The molecule has 0 amide bonds. The van der Waals surface area contributed by atoms with Crippen molar-refractivity contribution in [1.82, 2.24) is 4.98 Å². The number of halogens is 1. The lowest BCUT2D eigenvalue weighted by molar-refractivity contribution is 0.592. The molecule has 0 bridgehead atoms. The van der Waals surface area contributed by atoms with Crippen molar-refractivity contribution < 1.29 is 4.57 Å². The molecule has 0 N–H and O–H groups in total. The molecule has 2 aromatic carbocycles. The van der Waals surface area contributed by atoms with Gasteiger partial charge >= 0.3 is 0 Å². The van der Waals surface area contributed by atoms with E-state index in [9.17, 15) is 4.57 Å². The average Bonchev–Trinajstić information content (AvgIpc) is 2.56. The fourth-order valence-electron chi connectivity index (χ4n) is 2.31. The van der Waals surface area contributed by atoms with Gasteiger partial charge in [-0.05, 0) is 12.1 Å². The minimum atomic E-state index is -2.93. The third-order valence-electron chi connectivity index (χ3n) is 3.31. The van der Waals surface area contributed by atoms with Crippen molar-refractivity contribution in [3.63, 3.8) is 0 Å². The van der Waals surface area contributed by atoms with Crippen LogP contribution >= 0.6 is 18.7 Å². The minimum absolute atomic E-state index is 0.347. The zero-order valence-corrected chi connectivity index (χ0v) is 12.8. The van der Waals surface area contributed by atoms with Gasteiger partial charge in [-0.1, -0.05) is 72.3 Å². The molecule has 0 aliphatic heterocycles. The van der Waals surface area contributed by atoms with Gasteiger partial charge in [0.15, 0.2) is 7.14 Å². The number of pyridine rings is 1. The highest BCUT2D eigenvalue weighted by Gasteiger charge is 2.29. The van der Waals surface area contributed by atoms with E-state index < -0.39 is 7.14 Å². The molecule has 104 valence electrons. The first-order valence-electron chi connectivity index (χ1n) is 6.54. The summed E-state index contributed by atoms with van der Waals surface area (Å²) in [5, 5.41) is 2.62. The second kappa shape index (κ2) is 5.85. The monoisotopic (exact) mass is 313 g/mol. The van der Waals surface area contributed by atoms with Gasteiger partial charge in [-0.25, -0.2) is 4.98 Å². The third kappa shape index (κ3) is 2.65. The molecule has 2 nitrogen and oxygen atoms in total. The van der Waals surface area contributed by atoms with E-state index in [0.717, 1.165) is 10.6 Å². The minimum Gasteiger partial charge on any atom is -0.309 e. The summed E-state index contributed by atoms with van der Waals surface area (Å²) in [6.07, 6.45) is 1.59. The fourth-order valence-corrected chi connectivity index (χ4v) is 5.22. The number of aromatic nitrogens is 1. The van der Waals surface area contributed by atoms with Crippen LogP contribution in [0, 0.1) is 0 Å². The molecule has 21 heavy (non-hydrogen) atoms. The molecule has 1 heterocycles. The molecule has 3 aromatic rings. The van der Waals surface area contributed by atoms with Crippen LogP contribution in [0.3, 0.4) is 0 Å². The molecule has 0 aliphatic carbocycles. The average molecular weight is 314 g/mol. The predicted molar refractivity (Wildman–Crippen MR) is 88.6 cm³/mol. The van der Waals surface area contributed by atoms with Crippen LogP contribution in [0.4, 0.5) is 0 Å². The lowest BCUT2D eigenvalue weighted by atomic mass is 10.4. The normalized spacial score (nSPS) is 11.3. The van der Waals surface area contributed by atoms with Gasteiger partial charge in [0, 0.05) is 22.1 Å². The summed E-state index contributed by atoms with van der Waals surface area (Å²) in [6, 6.07) is 22.4. The first-order chi connectivity index (χ1) is 10.2. The molecule has 4 heteroatoms. The molecular weight excluding hydrogens is 301 g/mol. The van der Waals surface area contributed by atoms with Crippen LogP contribution < -0.4 is 15.9 Å². The van der Waals surface area contributed by atoms with Crippen LogP contribution in [-0.4, -0.2) is 4.98 Å². The van der Waals surface area contributed by atoms with Gasteiger partial charge in [-0.3, -0.25) is 0 Å². The Kier molecular flexibility index (Phi) is 3.92. The Labute approximate surface area is 128 Å². The maximum absolute atomic E-state index is 13.9. The molecule has 0 saturated heterocycles. The van der Waals surface area contributed by atoms with E-state index in [0.29, 0.717) is 10.5 Å². The molecule has 0 saturated carbocycles. The maximum atomic E-state index is 13.9. The van der Waals surface area contributed by atoms with Gasteiger partial charge in [-0.15, -0.1) is 0 Å². The van der Waals surface area contributed by atoms with Crippen LogP contribution in [0.5, 0.6) is 0 Å². The second-order valence-electron chi connectivity index (χ2n) is 4.62. The van der Waals surface area contributed by atoms with Gasteiger partial charge in [0.1, 0.15) is 5.15 Å². The number of rotatable bonds is 3. The molecule has 0 atom stereocenters. The Morgan fingerprint density at radius 1 is 0.762 bits per heavy atom. The van der Waals surface area contributed by atoms with Crippen LogP contribution in [0.15, 0.2) is 79.0 Å². The van der Waals surface area contributed by atoms with Crippen molar-refractivity contribution in [3.8, 4) is 0 Å². The topological polar surface area (TPSA) is 30.0 Å². The van der Waals surface area contributed by atoms with E-state index in [1.165, 1.54) is 0 Å². The Morgan fingerprint density at radius 2 is 1.29 bits per heavy atom. The summed E-state index contributed by atoms with van der Waals surface area (Å²) in [7, 11) is -2.93. The second-order valence-corrected chi connectivity index (χ2v) is 7.77. The van der Waals surface area contributed by atoms with Gasteiger partial charge < -0.3 is 4.57 Å². The Bertz CT molecular complexity index is 747. The van der Waals surface area contributed by atoms with Gasteiger partial charge in [0.2, 0.25) is 0 Å². The van der Waals surface area contributed by atoms with E-state index in [1.54, 1.807) is 18.3 Å². The molecule has 1 aromatic heterocycles. The Balaban J connectivity index is 2.29. The van der Waals surface area contributed by atoms with Crippen molar-refractivity contribution in [2.24, 2.45) is 0 Å². The largest absolute Gasteiger partial charge is 0.309 e. The maximum Gasteiger partial charge on any atom is 0.171 e. The van der Waals surface area contributed by atoms with Gasteiger partial charge in [-0.2, -0.15) is 0 Å². The lowest BCUT2D eigenvalue weighted by Crippen LogP contribution is -2.25. The van der Waals surface area contributed by atoms with Crippen LogP contribution in [0.2, 0.25) is 5.15 Å². The Hall–Kier alpha value is -1.89. The van der Waals surface area contributed by atoms with Crippen LogP contribution in [-0.2, 0) is 4.57 Å². The fraction of sp³-hybridized carbons (Fsp3) is 0. The first kappa shape index (κ1) is 14.1. The molecule has 0 fully saturated rings. The number of nitrogens with zero attached hydrogens (tertiary/aromatic N) is 1. The van der Waals surface area contributed by atoms with E-state index in [2.05, 4.69) is 4.98 Å². The van der Waals surface area contributed by atoms with Gasteiger partial charge in [0.05, 0.1) is 0 Å². The zero-order valence-electron chi connectivity index (χ0n) is 11.2. The SMILES string of the molecule is O=P(c1ccccc1)(c1ccccc1)c1ccnc(Cl)c1. The smallest absolute Gasteiger partial charge is 0.171 e. The van der Waals surface area contributed by atoms with E-state index >= 15 is 0 Å². The summed E-state index contributed by atoms with van der Waals surface area (Å²) < 4.78 is 13.9.